The number of Topliss-reactive ketones (excluding diaryl/α,β-unsaturated/α-hetero) is 1. The summed E-state index contributed by atoms with van der Waals surface area (Å²) in [5.41, 5.74) is 1.56. The van der Waals surface area contributed by atoms with E-state index >= 15 is 0 Å². The zero-order valence-corrected chi connectivity index (χ0v) is 12.7. The summed E-state index contributed by atoms with van der Waals surface area (Å²) in [7, 11) is 0. The van der Waals surface area contributed by atoms with Gasteiger partial charge in [0.1, 0.15) is 0 Å². The highest BCUT2D eigenvalue weighted by atomic mass is 32.1. The van der Waals surface area contributed by atoms with Crippen LogP contribution in [0.15, 0.2) is 47.4 Å². The molecule has 0 radical (unpaired) electrons. The first-order valence-corrected chi connectivity index (χ1v) is 7.56. The molecule has 2 aromatic heterocycles. The number of pyridine rings is 1. The number of ketones is 1. The van der Waals surface area contributed by atoms with Gasteiger partial charge in [0.05, 0.1) is 12.1 Å². The Bertz CT molecular complexity index is 889. The minimum absolute atomic E-state index is 0.0168. The largest absolute Gasteiger partial charge is 0.339 e. The van der Waals surface area contributed by atoms with E-state index in [4.69, 9.17) is 0 Å². The van der Waals surface area contributed by atoms with Gasteiger partial charge in [0.15, 0.2) is 11.2 Å². The number of thiophene rings is 1. The van der Waals surface area contributed by atoms with Crippen LogP contribution >= 0.6 is 11.3 Å². The van der Waals surface area contributed by atoms with Crippen molar-refractivity contribution >= 4 is 28.0 Å². The van der Waals surface area contributed by atoms with Crippen LogP contribution in [0.2, 0.25) is 0 Å². The summed E-state index contributed by atoms with van der Waals surface area (Å²) in [6, 6.07) is 10.8. The van der Waals surface area contributed by atoms with Gasteiger partial charge < -0.3 is 4.57 Å². The Hall–Kier alpha value is -2.20. The number of aromatic nitrogens is 1. The van der Waals surface area contributed by atoms with Gasteiger partial charge >= 0.3 is 0 Å². The fourth-order valence-electron chi connectivity index (χ4n) is 2.55. The maximum absolute atomic E-state index is 12.5. The maximum atomic E-state index is 12.5. The lowest BCUT2D eigenvalue weighted by Crippen LogP contribution is -2.14. The highest BCUT2D eigenvalue weighted by molar-refractivity contribution is 7.12. The molecule has 0 aliphatic rings. The number of carbonyl (C=O) groups excluding carboxylic acids is 1. The standard InChI is InChI=1S/C17H15NO2S/c1-11-9-14(12(2)21-11)17(20)10-18-8-7-16(19)13-5-3-4-6-15(13)18/h3-9H,10H2,1-2H3. The Kier molecular flexibility index (Phi) is 3.47. The van der Waals surface area contributed by atoms with E-state index in [0.717, 1.165) is 20.8 Å². The Morgan fingerprint density at radius 1 is 1.19 bits per heavy atom. The van der Waals surface area contributed by atoms with E-state index in [1.165, 1.54) is 6.07 Å². The van der Waals surface area contributed by atoms with Crippen LogP contribution in [-0.4, -0.2) is 10.4 Å². The van der Waals surface area contributed by atoms with Crippen molar-refractivity contribution in [2.75, 3.05) is 0 Å². The molecule has 3 aromatic rings. The minimum atomic E-state index is -0.0168. The van der Waals surface area contributed by atoms with Crippen LogP contribution in [-0.2, 0) is 6.54 Å². The van der Waals surface area contributed by atoms with Crippen molar-refractivity contribution in [3.05, 3.63) is 68.1 Å². The van der Waals surface area contributed by atoms with Crippen molar-refractivity contribution in [1.82, 2.24) is 4.57 Å². The SMILES string of the molecule is Cc1cc(C(=O)Cn2ccc(=O)c3ccccc32)c(C)s1. The van der Waals surface area contributed by atoms with Crippen LogP contribution in [0, 0.1) is 13.8 Å². The second-order valence-corrected chi connectivity index (χ2v) is 6.54. The van der Waals surface area contributed by atoms with Gasteiger partial charge in [-0.1, -0.05) is 12.1 Å². The minimum Gasteiger partial charge on any atom is -0.339 e. The Morgan fingerprint density at radius 2 is 1.95 bits per heavy atom. The van der Waals surface area contributed by atoms with Gasteiger partial charge in [-0.15, -0.1) is 11.3 Å². The lowest BCUT2D eigenvalue weighted by atomic mass is 10.1. The second-order valence-electron chi connectivity index (χ2n) is 5.08. The zero-order valence-electron chi connectivity index (χ0n) is 11.9. The molecule has 1 aromatic carbocycles. The summed E-state index contributed by atoms with van der Waals surface area (Å²) in [5, 5.41) is 0.644. The number of hydrogen-bond acceptors (Lipinski definition) is 3. The summed E-state index contributed by atoms with van der Waals surface area (Å²) in [5.74, 6) is 0.0747. The molecule has 0 fully saturated rings. The number of carbonyl (C=O) groups is 1. The topological polar surface area (TPSA) is 39.1 Å². The number of rotatable bonds is 3. The Labute approximate surface area is 126 Å². The molecule has 3 nitrogen and oxygen atoms in total. The highest BCUT2D eigenvalue weighted by Crippen LogP contribution is 2.22. The number of benzene rings is 1. The van der Waals surface area contributed by atoms with Crippen LogP contribution in [0.4, 0.5) is 0 Å². The molecule has 0 atom stereocenters. The molecule has 4 heteroatoms. The van der Waals surface area contributed by atoms with Gasteiger partial charge in [-0.2, -0.15) is 0 Å². The zero-order chi connectivity index (χ0) is 15.0. The Morgan fingerprint density at radius 3 is 2.67 bits per heavy atom. The third-order valence-corrected chi connectivity index (χ3v) is 4.51. The predicted octanol–water partition coefficient (Wildman–Crippen LogP) is 3.56. The number of para-hydroxylation sites is 1. The van der Waals surface area contributed by atoms with E-state index in [1.54, 1.807) is 23.6 Å². The second kappa shape index (κ2) is 5.30. The van der Waals surface area contributed by atoms with E-state index in [2.05, 4.69) is 0 Å². The Balaban J connectivity index is 2.03. The smallest absolute Gasteiger partial charge is 0.189 e. The van der Waals surface area contributed by atoms with Gasteiger partial charge in [0, 0.05) is 33.0 Å². The predicted molar refractivity (Wildman–Crippen MR) is 86.3 cm³/mol. The molecule has 106 valence electrons. The van der Waals surface area contributed by atoms with E-state index in [0.29, 0.717) is 5.39 Å². The van der Waals surface area contributed by atoms with Crippen molar-refractivity contribution < 1.29 is 4.79 Å². The fraction of sp³-hybridized carbons (Fsp3) is 0.176. The van der Waals surface area contributed by atoms with E-state index in [9.17, 15) is 9.59 Å². The van der Waals surface area contributed by atoms with Crippen molar-refractivity contribution in [3.63, 3.8) is 0 Å². The molecular weight excluding hydrogens is 282 g/mol. The first-order chi connectivity index (χ1) is 10.1. The summed E-state index contributed by atoms with van der Waals surface area (Å²) >= 11 is 1.63. The van der Waals surface area contributed by atoms with Gasteiger partial charge in [0.25, 0.3) is 0 Å². The first kappa shape index (κ1) is 13.8. The molecule has 3 rings (SSSR count). The lowest BCUT2D eigenvalue weighted by Gasteiger charge is -2.09. The van der Waals surface area contributed by atoms with E-state index < -0.39 is 0 Å². The number of nitrogens with zero attached hydrogens (tertiary/aromatic N) is 1. The van der Waals surface area contributed by atoms with Crippen LogP contribution in [0.25, 0.3) is 10.9 Å². The van der Waals surface area contributed by atoms with E-state index in [-0.39, 0.29) is 17.8 Å². The average molecular weight is 297 g/mol. The molecule has 0 aliphatic carbocycles. The molecule has 0 aliphatic heterocycles. The molecule has 0 spiro atoms. The normalized spacial score (nSPS) is 11.0. The van der Waals surface area contributed by atoms with Gasteiger partial charge in [-0.3, -0.25) is 9.59 Å². The quantitative estimate of drug-likeness (QED) is 0.693. The molecule has 0 N–H and O–H groups in total. The number of hydrogen-bond donors (Lipinski definition) is 0. The molecule has 2 heterocycles. The third-order valence-electron chi connectivity index (χ3n) is 3.54. The van der Waals surface area contributed by atoms with Crippen molar-refractivity contribution in [1.29, 1.82) is 0 Å². The van der Waals surface area contributed by atoms with Crippen LogP contribution < -0.4 is 5.43 Å². The van der Waals surface area contributed by atoms with Crippen LogP contribution in [0.1, 0.15) is 20.1 Å². The van der Waals surface area contributed by atoms with E-state index in [1.807, 2.05) is 42.7 Å². The summed E-state index contributed by atoms with van der Waals surface area (Å²) in [4.78, 5) is 26.5. The molecular formula is C17H15NO2S. The number of fused-ring (bicyclic) bond motifs is 1. The third kappa shape index (κ3) is 2.54. The molecule has 0 bridgehead atoms. The summed E-state index contributed by atoms with van der Waals surface area (Å²) < 4.78 is 1.84. The monoisotopic (exact) mass is 297 g/mol. The average Bonchev–Trinajstić information content (AvgIpc) is 2.81. The van der Waals surface area contributed by atoms with Crippen LogP contribution in [0.3, 0.4) is 0 Å². The molecule has 0 unspecified atom stereocenters. The summed E-state index contributed by atoms with van der Waals surface area (Å²) in [6.07, 6.45) is 1.69. The molecule has 0 amide bonds. The highest BCUT2D eigenvalue weighted by Gasteiger charge is 2.13. The fourth-order valence-corrected chi connectivity index (χ4v) is 3.49. The van der Waals surface area contributed by atoms with Gasteiger partial charge in [0.2, 0.25) is 0 Å². The van der Waals surface area contributed by atoms with Crippen molar-refractivity contribution in [2.24, 2.45) is 0 Å². The first-order valence-electron chi connectivity index (χ1n) is 6.74. The van der Waals surface area contributed by atoms with Crippen molar-refractivity contribution in [2.45, 2.75) is 20.4 Å². The maximum Gasteiger partial charge on any atom is 0.189 e. The van der Waals surface area contributed by atoms with Crippen molar-refractivity contribution in [3.8, 4) is 0 Å². The lowest BCUT2D eigenvalue weighted by molar-refractivity contribution is 0.0973. The summed E-state index contributed by atoms with van der Waals surface area (Å²) in [6.45, 7) is 4.22. The van der Waals surface area contributed by atoms with Crippen LogP contribution in [0.5, 0.6) is 0 Å². The molecule has 0 saturated heterocycles. The van der Waals surface area contributed by atoms with Gasteiger partial charge in [-0.05, 0) is 32.0 Å². The number of aryl methyl sites for hydroxylation is 2. The van der Waals surface area contributed by atoms with Gasteiger partial charge in [-0.25, -0.2) is 0 Å². The molecule has 21 heavy (non-hydrogen) atoms. The molecule has 0 saturated carbocycles.